The van der Waals surface area contributed by atoms with E-state index in [9.17, 15) is 9.90 Å². The van der Waals surface area contributed by atoms with Crippen LogP contribution in [0.5, 0.6) is 5.75 Å². The van der Waals surface area contributed by atoms with Crippen LogP contribution in [0.3, 0.4) is 0 Å². The van der Waals surface area contributed by atoms with Crippen molar-refractivity contribution in [3.05, 3.63) is 78.0 Å². The molecule has 0 saturated heterocycles. The summed E-state index contributed by atoms with van der Waals surface area (Å²) in [6, 6.07) is 18.0. The number of methoxy groups -OCH3 is 1. The highest BCUT2D eigenvalue weighted by atomic mass is 16.5. The second-order valence-corrected chi connectivity index (χ2v) is 7.45. The molecule has 152 valence electrons. The Labute approximate surface area is 174 Å². The highest BCUT2D eigenvalue weighted by Crippen LogP contribution is 2.25. The Morgan fingerprint density at radius 3 is 2.40 bits per heavy atom. The Morgan fingerprint density at radius 2 is 1.77 bits per heavy atom. The summed E-state index contributed by atoms with van der Waals surface area (Å²) in [5.74, 6) is 0.896. The summed E-state index contributed by atoms with van der Waals surface area (Å²) in [6.07, 6.45) is 1.66. The number of anilines is 1. The van der Waals surface area contributed by atoms with E-state index in [0.29, 0.717) is 17.0 Å². The molecule has 0 saturated carbocycles. The molecule has 2 aromatic carbocycles. The number of ether oxygens (including phenoxy) is 1. The number of carbonyl (C=O) groups is 1. The SMILES string of the molecule is COc1ccc(-c2cc(NC(=O)c3ccc(C(C)(C)O)cc3)nc3ccnn23)cc1. The van der Waals surface area contributed by atoms with Crippen LogP contribution in [0.25, 0.3) is 16.9 Å². The minimum Gasteiger partial charge on any atom is -0.497 e. The zero-order valence-electron chi connectivity index (χ0n) is 17.0. The van der Waals surface area contributed by atoms with Gasteiger partial charge in [0.1, 0.15) is 11.6 Å². The molecule has 1 amide bonds. The number of amides is 1. The molecular formula is C23H22N4O3. The maximum Gasteiger partial charge on any atom is 0.256 e. The number of aliphatic hydroxyl groups is 1. The number of hydrogen-bond acceptors (Lipinski definition) is 5. The summed E-state index contributed by atoms with van der Waals surface area (Å²) < 4.78 is 6.94. The molecule has 2 N–H and O–H groups in total. The fourth-order valence-corrected chi connectivity index (χ4v) is 3.16. The highest BCUT2D eigenvalue weighted by molar-refractivity contribution is 6.04. The van der Waals surface area contributed by atoms with Crippen molar-refractivity contribution in [3.63, 3.8) is 0 Å². The van der Waals surface area contributed by atoms with E-state index in [-0.39, 0.29) is 5.91 Å². The summed E-state index contributed by atoms with van der Waals surface area (Å²) in [5, 5.41) is 17.3. The van der Waals surface area contributed by atoms with E-state index >= 15 is 0 Å². The first-order chi connectivity index (χ1) is 14.3. The molecule has 2 heterocycles. The fraction of sp³-hybridized carbons (Fsp3) is 0.174. The van der Waals surface area contributed by atoms with Crippen molar-refractivity contribution in [2.45, 2.75) is 19.4 Å². The summed E-state index contributed by atoms with van der Waals surface area (Å²) in [4.78, 5) is 17.2. The molecule has 0 aliphatic rings. The molecule has 0 unspecified atom stereocenters. The number of benzene rings is 2. The Kier molecular flexibility index (Phi) is 4.97. The van der Waals surface area contributed by atoms with Gasteiger partial charge >= 0.3 is 0 Å². The van der Waals surface area contributed by atoms with Gasteiger partial charge in [-0.15, -0.1) is 0 Å². The van der Waals surface area contributed by atoms with Crippen molar-refractivity contribution in [2.24, 2.45) is 0 Å². The number of nitrogens with zero attached hydrogens (tertiary/aromatic N) is 3. The lowest BCUT2D eigenvalue weighted by Crippen LogP contribution is -2.17. The molecule has 7 heteroatoms. The molecule has 0 fully saturated rings. The van der Waals surface area contributed by atoms with Gasteiger partial charge in [-0.3, -0.25) is 4.79 Å². The van der Waals surface area contributed by atoms with Crippen LogP contribution in [-0.2, 0) is 5.60 Å². The first kappa shape index (κ1) is 19.6. The molecule has 0 bridgehead atoms. The van der Waals surface area contributed by atoms with E-state index in [0.717, 1.165) is 22.6 Å². The number of aromatic nitrogens is 3. The predicted octanol–water partition coefficient (Wildman–Crippen LogP) is 3.88. The monoisotopic (exact) mass is 402 g/mol. The fourth-order valence-electron chi connectivity index (χ4n) is 3.16. The van der Waals surface area contributed by atoms with Crippen LogP contribution in [0.1, 0.15) is 29.8 Å². The molecular weight excluding hydrogens is 380 g/mol. The van der Waals surface area contributed by atoms with E-state index < -0.39 is 5.60 Å². The van der Waals surface area contributed by atoms with E-state index in [1.54, 1.807) is 68.1 Å². The van der Waals surface area contributed by atoms with Crippen LogP contribution in [0.15, 0.2) is 66.9 Å². The van der Waals surface area contributed by atoms with Crippen molar-refractivity contribution in [1.82, 2.24) is 14.6 Å². The van der Waals surface area contributed by atoms with Gasteiger partial charge in [-0.1, -0.05) is 12.1 Å². The minimum absolute atomic E-state index is 0.283. The number of carbonyl (C=O) groups excluding carboxylic acids is 1. The molecule has 2 aromatic heterocycles. The smallest absolute Gasteiger partial charge is 0.256 e. The lowest BCUT2D eigenvalue weighted by Gasteiger charge is -2.17. The first-order valence-electron chi connectivity index (χ1n) is 9.48. The maximum atomic E-state index is 12.7. The molecule has 7 nitrogen and oxygen atoms in total. The van der Waals surface area contributed by atoms with Gasteiger partial charge in [-0.05, 0) is 55.8 Å². The third-order valence-corrected chi connectivity index (χ3v) is 4.84. The van der Waals surface area contributed by atoms with Gasteiger partial charge in [0.2, 0.25) is 0 Å². The quantitative estimate of drug-likeness (QED) is 0.529. The average Bonchev–Trinajstić information content (AvgIpc) is 3.21. The summed E-state index contributed by atoms with van der Waals surface area (Å²) in [6.45, 7) is 3.40. The molecule has 0 radical (unpaired) electrons. The number of fused-ring (bicyclic) bond motifs is 1. The Morgan fingerprint density at radius 1 is 1.07 bits per heavy atom. The largest absolute Gasteiger partial charge is 0.497 e. The van der Waals surface area contributed by atoms with Gasteiger partial charge in [0, 0.05) is 23.3 Å². The standard InChI is InChI=1S/C23H22N4O3/c1-23(2,29)17-8-4-16(5-9-17)22(28)26-20-14-19(27-21(25-20)12-13-24-27)15-6-10-18(30-3)11-7-15/h4-14,29H,1-3H3,(H,25,26,28). The van der Waals surface area contributed by atoms with Crippen LogP contribution in [-0.4, -0.2) is 32.7 Å². The van der Waals surface area contributed by atoms with Gasteiger partial charge < -0.3 is 15.2 Å². The van der Waals surface area contributed by atoms with Crippen LogP contribution < -0.4 is 10.1 Å². The average molecular weight is 402 g/mol. The van der Waals surface area contributed by atoms with Crippen LogP contribution >= 0.6 is 0 Å². The molecule has 30 heavy (non-hydrogen) atoms. The molecule has 0 aliphatic carbocycles. The van der Waals surface area contributed by atoms with Crippen molar-refractivity contribution in [1.29, 1.82) is 0 Å². The zero-order valence-corrected chi connectivity index (χ0v) is 17.0. The molecule has 4 rings (SSSR count). The van der Waals surface area contributed by atoms with Crippen LogP contribution in [0, 0.1) is 0 Å². The second-order valence-electron chi connectivity index (χ2n) is 7.45. The zero-order chi connectivity index (χ0) is 21.3. The lowest BCUT2D eigenvalue weighted by molar-refractivity contribution is 0.0785. The maximum absolute atomic E-state index is 12.7. The summed E-state index contributed by atoms with van der Waals surface area (Å²) >= 11 is 0. The molecule has 4 aromatic rings. The van der Waals surface area contributed by atoms with Gasteiger partial charge in [-0.2, -0.15) is 5.10 Å². The van der Waals surface area contributed by atoms with Crippen molar-refractivity contribution < 1.29 is 14.6 Å². The van der Waals surface area contributed by atoms with Gasteiger partial charge in [0.25, 0.3) is 5.91 Å². The Hall–Kier alpha value is -3.71. The van der Waals surface area contributed by atoms with E-state index in [2.05, 4.69) is 15.4 Å². The topological polar surface area (TPSA) is 88.8 Å². The Balaban J connectivity index is 1.65. The van der Waals surface area contributed by atoms with E-state index in [1.807, 2.05) is 24.3 Å². The summed E-state index contributed by atoms with van der Waals surface area (Å²) in [7, 11) is 1.62. The van der Waals surface area contributed by atoms with Crippen molar-refractivity contribution in [3.8, 4) is 17.0 Å². The van der Waals surface area contributed by atoms with E-state index in [4.69, 9.17) is 4.74 Å². The molecule has 0 spiro atoms. The highest BCUT2D eigenvalue weighted by Gasteiger charge is 2.17. The second kappa shape index (κ2) is 7.61. The first-order valence-corrected chi connectivity index (χ1v) is 9.48. The third kappa shape index (κ3) is 3.88. The van der Waals surface area contributed by atoms with Gasteiger partial charge in [0.15, 0.2) is 5.65 Å². The van der Waals surface area contributed by atoms with Crippen molar-refractivity contribution >= 4 is 17.4 Å². The van der Waals surface area contributed by atoms with Crippen LogP contribution in [0.4, 0.5) is 5.82 Å². The van der Waals surface area contributed by atoms with E-state index in [1.165, 1.54) is 0 Å². The minimum atomic E-state index is -0.961. The molecule has 0 atom stereocenters. The van der Waals surface area contributed by atoms with Gasteiger partial charge in [0.05, 0.1) is 24.6 Å². The number of rotatable bonds is 5. The van der Waals surface area contributed by atoms with Crippen LogP contribution in [0.2, 0.25) is 0 Å². The Bertz CT molecular complexity index is 1190. The number of nitrogens with one attached hydrogen (secondary N) is 1. The number of hydrogen-bond donors (Lipinski definition) is 2. The van der Waals surface area contributed by atoms with Crippen molar-refractivity contribution in [2.75, 3.05) is 12.4 Å². The normalized spacial score (nSPS) is 11.5. The summed E-state index contributed by atoms with van der Waals surface area (Å²) in [5.41, 5.74) is 2.58. The lowest BCUT2D eigenvalue weighted by atomic mass is 9.97. The predicted molar refractivity (Wildman–Crippen MR) is 115 cm³/mol. The van der Waals surface area contributed by atoms with Gasteiger partial charge in [-0.25, -0.2) is 9.50 Å². The molecule has 0 aliphatic heterocycles. The third-order valence-electron chi connectivity index (χ3n) is 4.84.